The van der Waals surface area contributed by atoms with Gasteiger partial charge in [0.05, 0.1) is 19.4 Å². The summed E-state index contributed by atoms with van der Waals surface area (Å²) in [6.45, 7) is 0.402. The van der Waals surface area contributed by atoms with Crippen LogP contribution in [0.1, 0.15) is 5.69 Å². The van der Waals surface area contributed by atoms with E-state index in [9.17, 15) is 5.11 Å². The SMILES string of the molecule is CNc1cc(COC)nc(-c2ccc(O)c(OC)c2)n1. The molecule has 2 rings (SSSR count). The number of ether oxygens (including phenoxy) is 2. The third-order valence-corrected chi connectivity index (χ3v) is 2.77. The maximum absolute atomic E-state index is 9.62. The Morgan fingerprint density at radius 2 is 2.00 bits per heavy atom. The van der Waals surface area contributed by atoms with E-state index < -0.39 is 0 Å². The number of phenols is 1. The number of anilines is 1. The molecule has 0 radical (unpaired) electrons. The molecule has 2 N–H and O–H groups in total. The van der Waals surface area contributed by atoms with Gasteiger partial charge in [-0.15, -0.1) is 0 Å². The molecule has 2 aromatic rings. The van der Waals surface area contributed by atoms with Gasteiger partial charge in [-0.05, 0) is 18.2 Å². The monoisotopic (exact) mass is 275 g/mol. The molecule has 0 fully saturated rings. The van der Waals surface area contributed by atoms with Gasteiger partial charge in [-0.1, -0.05) is 0 Å². The lowest BCUT2D eigenvalue weighted by Gasteiger charge is -2.09. The number of aromatic nitrogens is 2. The van der Waals surface area contributed by atoms with Gasteiger partial charge in [0.2, 0.25) is 0 Å². The second-order valence-electron chi connectivity index (χ2n) is 4.14. The standard InChI is InChI=1S/C14H17N3O3/c1-15-13-7-10(8-19-2)16-14(17-13)9-4-5-11(18)12(6-9)20-3/h4-7,18H,8H2,1-3H3,(H,15,16,17). The summed E-state index contributed by atoms with van der Waals surface area (Å²) in [7, 11) is 4.91. The van der Waals surface area contributed by atoms with Crippen molar-refractivity contribution < 1.29 is 14.6 Å². The predicted molar refractivity (Wildman–Crippen MR) is 75.9 cm³/mol. The minimum Gasteiger partial charge on any atom is -0.504 e. The molecule has 20 heavy (non-hydrogen) atoms. The molecule has 1 aromatic heterocycles. The molecule has 0 saturated carbocycles. The van der Waals surface area contributed by atoms with Crippen LogP contribution in [0.4, 0.5) is 5.82 Å². The molecule has 0 aliphatic carbocycles. The first kappa shape index (κ1) is 14.1. The number of phenolic OH excluding ortho intramolecular Hbond substituents is 1. The Morgan fingerprint density at radius 1 is 1.20 bits per heavy atom. The van der Waals surface area contributed by atoms with Crippen LogP contribution >= 0.6 is 0 Å². The number of nitrogens with one attached hydrogen (secondary N) is 1. The molecule has 6 heteroatoms. The van der Waals surface area contributed by atoms with Crippen LogP contribution in [0.15, 0.2) is 24.3 Å². The second-order valence-corrected chi connectivity index (χ2v) is 4.14. The van der Waals surface area contributed by atoms with E-state index in [-0.39, 0.29) is 5.75 Å². The highest BCUT2D eigenvalue weighted by Gasteiger charge is 2.09. The van der Waals surface area contributed by atoms with E-state index >= 15 is 0 Å². The van der Waals surface area contributed by atoms with Crippen molar-refractivity contribution in [2.45, 2.75) is 6.61 Å². The molecular formula is C14H17N3O3. The highest BCUT2D eigenvalue weighted by atomic mass is 16.5. The number of hydrogen-bond acceptors (Lipinski definition) is 6. The van der Waals surface area contributed by atoms with E-state index in [4.69, 9.17) is 9.47 Å². The molecule has 106 valence electrons. The van der Waals surface area contributed by atoms with Crippen molar-refractivity contribution in [1.29, 1.82) is 0 Å². The number of benzene rings is 1. The Balaban J connectivity index is 2.47. The number of rotatable bonds is 5. The first-order chi connectivity index (χ1) is 9.67. The van der Waals surface area contributed by atoms with Crippen molar-refractivity contribution in [3.8, 4) is 22.9 Å². The van der Waals surface area contributed by atoms with Crippen LogP contribution in [-0.2, 0) is 11.3 Å². The van der Waals surface area contributed by atoms with Gasteiger partial charge in [0, 0.05) is 25.8 Å². The normalized spacial score (nSPS) is 10.3. The van der Waals surface area contributed by atoms with Crippen LogP contribution in [0, 0.1) is 0 Å². The third kappa shape index (κ3) is 2.97. The molecule has 0 atom stereocenters. The fourth-order valence-electron chi connectivity index (χ4n) is 1.79. The van der Waals surface area contributed by atoms with Gasteiger partial charge < -0.3 is 19.9 Å². The Morgan fingerprint density at radius 3 is 2.65 bits per heavy atom. The van der Waals surface area contributed by atoms with Crippen molar-refractivity contribution >= 4 is 5.82 Å². The van der Waals surface area contributed by atoms with Crippen molar-refractivity contribution in [1.82, 2.24) is 9.97 Å². The van der Waals surface area contributed by atoms with Gasteiger partial charge in [0.25, 0.3) is 0 Å². The number of hydrogen-bond donors (Lipinski definition) is 2. The summed E-state index contributed by atoms with van der Waals surface area (Å²) in [5.74, 6) is 1.71. The summed E-state index contributed by atoms with van der Waals surface area (Å²) >= 11 is 0. The van der Waals surface area contributed by atoms with Gasteiger partial charge >= 0.3 is 0 Å². The highest BCUT2D eigenvalue weighted by molar-refractivity contribution is 5.62. The molecule has 0 spiro atoms. The lowest BCUT2D eigenvalue weighted by Crippen LogP contribution is -2.02. The van der Waals surface area contributed by atoms with Crippen LogP contribution < -0.4 is 10.1 Å². The van der Waals surface area contributed by atoms with Crippen LogP contribution in [0.2, 0.25) is 0 Å². The minimum atomic E-state index is 0.0816. The summed E-state index contributed by atoms with van der Waals surface area (Å²) in [6, 6.07) is 6.81. The zero-order valence-corrected chi connectivity index (χ0v) is 11.7. The number of methoxy groups -OCH3 is 2. The summed E-state index contributed by atoms with van der Waals surface area (Å²) in [6.07, 6.45) is 0. The van der Waals surface area contributed by atoms with Gasteiger partial charge in [0.1, 0.15) is 5.82 Å². The van der Waals surface area contributed by atoms with E-state index in [1.54, 1.807) is 32.4 Å². The molecule has 0 amide bonds. The highest BCUT2D eigenvalue weighted by Crippen LogP contribution is 2.30. The van der Waals surface area contributed by atoms with Crippen LogP contribution in [0.25, 0.3) is 11.4 Å². The Bertz CT molecular complexity index is 602. The van der Waals surface area contributed by atoms with Gasteiger partial charge in [-0.2, -0.15) is 0 Å². The topological polar surface area (TPSA) is 76.5 Å². The quantitative estimate of drug-likeness (QED) is 0.869. The third-order valence-electron chi connectivity index (χ3n) is 2.77. The maximum atomic E-state index is 9.62. The summed E-state index contributed by atoms with van der Waals surface area (Å²) in [5.41, 5.74) is 1.53. The molecule has 1 aromatic carbocycles. The minimum absolute atomic E-state index is 0.0816. The molecular weight excluding hydrogens is 258 g/mol. The van der Waals surface area contributed by atoms with Crippen LogP contribution in [-0.4, -0.2) is 36.3 Å². The number of nitrogens with zero attached hydrogens (tertiary/aromatic N) is 2. The molecule has 6 nitrogen and oxygen atoms in total. The van der Waals surface area contributed by atoms with Gasteiger partial charge in [-0.25, -0.2) is 9.97 Å². The second kappa shape index (κ2) is 6.21. The predicted octanol–water partition coefficient (Wildman–Crippen LogP) is 2.05. The molecule has 0 aliphatic rings. The van der Waals surface area contributed by atoms with E-state index in [1.807, 2.05) is 6.07 Å². The Kier molecular flexibility index (Phi) is 4.37. The van der Waals surface area contributed by atoms with E-state index in [2.05, 4.69) is 15.3 Å². The smallest absolute Gasteiger partial charge is 0.161 e. The van der Waals surface area contributed by atoms with Crippen LogP contribution in [0.5, 0.6) is 11.5 Å². The Labute approximate surface area is 117 Å². The van der Waals surface area contributed by atoms with Gasteiger partial charge in [-0.3, -0.25) is 0 Å². The summed E-state index contributed by atoms with van der Waals surface area (Å²) in [4.78, 5) is 8.83. The first-order valence-electron chi connectivity index (χ1n) is 6.10. The summed E-state index contributed by atoms with van der Waals surface area (Å²) in [5, 5.41) is 12.6. The lowest BCUT2D eigenvalue weighted by atomic mass is 10.2. The van der Waals surface area contributed by atoms with E-state index in [0.717, 1.165) is 11.3 Å². The molecule has 0 saturated heterocycles. The average molecular weight is 275 g/mol. The van der Waals surface area contributed by atoms with Gasteiger partial charge in [0.15, 0.2) is 17.3 Å². The lowest BCUT2D eigenvalue weighted by molar-refractivity contribution is 0.181. The fourth-order valence-corrected chi connectivity index (χ4v) is 1.79. The molecule has 0 unspecified atom stereocenters. The molecule has 1 heterocycles. The maximum Gasteiger partial charge on any atom is 0.161 e. The fraction of sp³-hybridized carbons (Fsp3) is 0.286. The van der Waals surface area contributed by atoms with E-state index in [1.165, 1.54) is 7.11 Å². The van der Waals surface area contributed by atoms with Crippen molar-refractivity contribution in [2.75, 3.05) is 26.6 Å². The summed E-state index contributed by atoms with van der Waals surface area (Å²) < 4.78 is 10.2. The van der Waals surface area contributed by atoms with E-state index in [0.29, 0.717) is 24.0 Å². The van der Waals surface area contributed by atoms with Crippen molar-refractivity contribution in [3.63, 3.8) is 0 Å². The van der Waals surface area contributed by atoms with Crippen LogP contribution in [0.3, 0.4) is 0 Å². The molecule has 0 bridgehead atoms. The average Bonchev–Trinajstić information content (AvgIpc) is 2.47. The molecule has 0 aliphatic heterocycles. The zero-order valence-electron chi connectivity index (χ0n) is 11.7. The van der Waals surface area contributed by atoms with Crippen molar-refractivity contribution in [3.05, 3.63) is 30.0 Å². The largest absolute Gasteiger partial charge is 0.504 e. The number of aromatic hydroxyl groups is 1. The Hall–Kier alpha value is -2.34. The van der Waals surface area contributed by atoms with Crippen molar-refractivity contribution in [2.24, 2.45) is 0 Å². The zero-order chi connectivity index (χ0) is 14.5. The first-order valence-corrected chi connectivity index (χ1v) is 6.10.